The molecule has 0 aromatic carbocycles. The molecule has 0 bridgehead atoms. The second kappa shape index (κ2) is 7.27. The van der Waals surface area contributed by atoms with E-state index in [9.17, 15) is 24.6 Å². The molecule has 2 unspecified atom stereocenters. The van der Waals surface area contributed by atoms with Crippen molar-refractivity contribution in [1.29, 1.82) is 0 Å². The number of aliphatic hydroxyl groups is 1. The Kier molecular flexibility index (Phi) is 5.23. The number of nitrogens with two attached hydrogens (primary N) is 1. The average Bonchev–Trinajstić information content (AvgIpc) is 3.04. The lowest BCUT2D eigenvalue weighted by Gasteiger charge is -2.49. The van der Waals surface area contributed by atoms with E-state index in [1.807, 2.05) is 0 Å². The highest BCUT2D eigenvalue weighted by atomic mass is 35.5. The van der Waals surface area contributed by atoms with Gasteiger partial charge in [-0.05, 0) is 11.6 Å². The van der Waals surface area contributed by atoms with Gasteiger partial charge in [0.2, 0.25) is 0 Å². The largest absolute Gasteiger partial charge is 0.477 e. The number of carboxylic acid groups (broad SMARTS) is 1. The third-order valence-corrected chi connectivity index (χ3v) is 5.95. The zero-order chi connectivity index (χ0) is 19.0. The maximum atomic E-state index is 12.4. The summed E-state index contributed by atoms with van der Waals surface area (Å²) in [6.45, 7) is 0. The molecule has 1 aromatic rings. The number of halogens is 1. The predicted molar refractivity (Wildman–Crippen MR) is 96.2 cm³/mol. The maximum absolute atomic E-state index is 12.4. The highest BCUT2D eigenvalue weighted by molar-refractivity contribution is 8.00. The second-order valence-corrected chi connectivity index (χ2v) is 7.63. The number of thioether (sulfide) groups is 1. The number of nitrogen functional groups attached to an aromatic ring is 1. The minimum atomic E-state index is -1.57. The Morgan fingerprint density at radius 1 is 1.54 bits per heavy atom. The number of allylic oxidation sites excluding steroid dienone is 1. The summed E-state index contributed by atoms with van der Waals surface area (Å²) in [6, 6.07) is -0.936. The van der Waals surface area contributed by atoms with E-state index in [0.717, 1.165) is 16.2 Å². The number of aromatic nitrogens is 1. The number of nitrogens with zero attached hydrogens (tertiary/aromatic N) is 2. The summed E-state index contributed by atoms with van der Waals surface area (Å²) in [5, 5.41) is 22.9. The van der Waals surface area contributed by atoms with Crippen LogP contribution in [0.3, 0.4) is 0 Å². The number of hydrogen-bond donors (Lipinski definition) is 4. The number of nitrogens with one attached hydrogen (secondary N) is 1. The fourth-order valence-electron chi connectivity index (χ4n) is 2.64. The van der Waals surface area contributed by atoms with Crippen molar-refractivity contribution in [2.45, 2.75) is 17.5 Å². The Balaban J connectivity index is 1.74. The summed E-state index contributed by atoms with van der Waals surface area (Å²) in [6.07, 6.45) is -0.146. The van der Waals surface area contributed by atoms with Crippen LogP contribution in [0.25, 0.3) is 0 Å². The molecule has 9 nitrogen and oxygen atoms in total. The normalized spacial score (nSPS) is 23.6. The Hall–Kier alpha value is -2.08. The van der Waals surface area contributed by atoms with Crippen molar-refractivity contribution in [1.82, 2.24) is 15.2 Å². The van der Waals surface area contributed by atoms with Gasteiger partial charge in [0.1, 0.15) is 17.1 Å². The minimum absolute atomic E-state index is 0.0885. The van der Waals surface area contributed by atoms with Crippen molar-refractivity contribution in [2.24, 2.45) is 0 Å². The summed E-state index contributed by atoms with van der Waals surface area (Å²) >= 11 is 7.88. The van der Waals surface area contributed by atoms with Crippen LogP contribution in [0.5, 0.6) is 0 Å². The van der Waals surface area contributed by atoms with Crippen LogP contribution in [0.2, 0.25) is 0 Å². The Labute approximate surface area is 160 Å². The molecule has 1 saturated heterocycles. The van der Waals surface area contributed by atoms with Crippen LogP contribution in [0, 0.1) is 0 Å². The minimum Gasteiger partial charge on any atom is -0.477 e. The molecule has 3 atom stereocenters. The lowest BCUT2D eigenvalue weighted by molar-refractivity contribution is -0.151. The van der Waals surface area contributed by atoms with E-state index in [0.29, 0.717) is 11.3 Å². The molecule has 2 aliphatic rings. The van der Waals surface area contributed by atoms with Gasteiger partial charge in [0.15, 0.2) is 11.2 Å². The number of aliphatic carboxylic acids is 1. The summed E-state index contributed by atoms with van der Waals surface area (Å²) in [4.78, 5) is 41.0. The quantitative estimate of drug-likeness (QED) is 0.499. The monoisotopic (exact) mass is 416 g/mol. The first-order valence-corrected chi connectivity index (χ1v) is 9.59. The predicted octanol–water partition coefficient (Wildman–Crippen LogP) is 0.250. The van der Waals surface area contributed by atoms with Crippen LogP contribution >= 0.6 is 34.7 Å². The van der Waals surface area contributed by atoms with Crippen molar-refractivity contribution >= 4 is 57.6 Å². The van der Waals surface area contributed by atoms with Gasteiger partial charge < -0.3 is 21.3 Å². The van der Waals surface area contributed by atoms with Gasteiger partial charge in [0.05, 0.1) is 5.69 Å². The van der Waals surface area contributed by atoms with E-state index in [2.05, 4.69) is 10.3 Å². The van der Waals surface area contributed by atoms with E-state index in [1.54, 1.807) is 0 Å². The number of carbonyl (C=O) groups excluding carboxylic acids is 2. The van der Waals surface area contributed by atoms with Crippen LogP contribution in [-0.4, -0.2) is 55.0 Å². The first kappa shape index (κ1) is 18.7. The topological polar surface area (TPSA) is 146 Å². The Bertz CT molecular complexity index is 839. The standard InChI is InChI=1S/C14H13ClN4O5S2/c15-2-1-5-3-25-12-7(11(22)19(12)8(5)13(23)24)18-10(21)9(20)6-4-26-14(16)17-6/h1-2,4,7,9,12,20H,3H2,(H2,16,17)(H,18,21)(H,23,24)/t7?,9?,12-/m0/s1. The van der Waals surface area contributed by atoms with Crippen LogP contribution in [0.1, 0.15) is 11.8 Å². The van der Waals surface area contributed by atoms with Crippen molar-refractivity contribution in [2.75, 3.05) is 11.5 Å². The number of fused-ring (bicyclic) bond motifs is 1. The summed E-state index contributed by atoms with van der Waals surface area (Å²) < 4.78 is 0. The number of rotatable bonds is 5. The fraction of sp³-hybridized carbons (Fsp3) is 0.286. The number of amides is 2. The average molecular weight is 417 g/mol. The molecule has 2 aliphatic heterocycles. The molecule has 138 valence electrons. The van der Waals surface area contributed by atoms with Gasteiger partial charge >= 0.3 is 5.97 Å². The van der Waals surface area contributed by atoms with E-state index < -0.39 is 35.3 Å². The number of thiazole rings is 1. The zero-order valence-corrected chi connectivity index (χ0v) is 15.3. The third-order valence-electron chi connectivity index (χ3n) is 3.83. The lowest BCUT2D eigenvalue weighted by atomic mass is 10.0. The third kappa shape index (κ3) is 3.18. The van der Waals surface area contributed by atoms with E-state index in [1.165, 1.54) is 28.8 Å². The molecule has 0 spiro atoms. The van der Waals surface area contributed by atoms with Gasteiger partial charge in [-0.1, -0.05) is 11.6 Å². The zero-order valence-electron chi connectivity index (χ0n) is 13.0. The molecule has 26 heavy (non-hydrogen) atoms. The van der Waals surface area contributed by atoms with Crippen molar-refractivity contribution in [3.63, 3.8) is 0 Å². The SMILES string of the molecule is Nc1nc(C(O)C(=O)NC2C(=O)N3C(C(=O)O)=C(C=CCl)CS[C@@H]23)cs1. The number of hydrogen-bond acceptors (Lipinski definition) is 8. The van der Waals surface area contributed by atoms with Crippen molar-refractivity contribution in [3.8, 4) is 0 Å². The van der Waals surface area contributed by atoms with Crippen molar-refractivity contribution in [3.05, 3.63) is 34.0 Å². The molecule has 0 radical (unpaired) electrons. The van der Waals surface area contributed by atoms with Crippen LogP contribution < -0.4 is 11.1 Å². The molecule has 2 amide bonds. The molecule has 1 aromatic heterocycles. The van der Waals surface area contributed by atoms with Gasteiger partial charge in [-0.2, -0.15) is 0 Å². The molecular formula is C14H13ClN4O5S2. The molecular weight excluding hydrogens is 404 g/mol. The van der Waals surface area contributed by atoms with E-state index in [4.69, 9.17) is 17.3 Å². The van der Waals surface area contributed by atoms with Gasteiger partial charge in [0.25, 0.3) is 11.8 Å². The molecule has 0 saturated carbocycles. The first-order chi connectivity index (χ1) is 12.3. The van der Waals surface area contributed by atoms with Gasteiger partial charge in [-0.15, -0.1) is 23.1 Å². The maximum Gasteiger partial charge on any atom is 0.352 e. The molecule has 5 N–H and O–H groups in total. The number of anilines is 1. The van der Waals surface area contributed by atoms with E-state index in [-0.39, 0.29) is 16.5 Å². The second-order valence-electron chi connectivity index (χ2n) is 5.38. The summed E-state index contributed by atoms with van der Waals surface area (Å²) in [5.74, 6) is -2.31. The Morgan fingerprint density at radius 3 is 2.85 bits per heavy atom. The highest BCUT2D eigenvalue weighted by Crippen LogP contribution is 2.40. The molecule has 3 heterocycles. The Morgan fingerprint density at radius 2 is 2.27 bits per heavy atom. The number of aliphatic hydroxyl groups excluding tert-OH is 1. The van der Waals surface area contributed by atoms with Gasteiger partial charge in [-0.25, -0.2) is 9.78 Å². The smallest absolute Gasteiger partial charge is 0.352 e. The number of carbonyl (C=O) groups is 3. The molecule has 12 heteroatoms. The lowest BCUT2D eigenvalue weighted by Crippen LogP contribution is -2.70. The first-order valence-electron chi connectivity index (χ1n) is 7.22. The summed E-state index contributed by atoms with van der Waals surface area (Å²) in [5.41, 5.74) is 6.99. The van der Waals surface area contributed by atoms with Crippen LogP contribution in [0.4, 0.5) is 5.13 Å². The fourth-order valence-corrected chi connectivity index (χ4v) is 4.69. The molecule has 3 rings (SSSR count). The van der Waals surface area contributed by atoms with Gasteiger partial charge in [-0.3, -0.25) is 14.5 Å². The number of β-lactam (4-membered cyclic amide) rings is 1. The highest BCUT2D eigenvalue weighted by Gasteiger charge is 2.54. The molecule has 1 fully saturated rings. The van der Waals surface area contributed by atoms with E-state index >= 15 is 0 Å². The molecule has 0 aliphatic carbocycles. The van der Waals surface area contributed by atoms with Crippen molar-refractivity contribution < 1.29 is 24.6 Å². The van der Waals surface area contributed by atoms with Crippen LogP contribution in [0.15, 0.2) is 28.3 Å². The van der Waals surface area contributed by atoms with Gasteiger partial charge in [0, 0.05) is 16.7 Å². The van der Waals surface area contributed by atoms with Crippen LogP contribution in [-0.2, 0) is 14.4 Å². The summed E-state index contributed by atoms with van der Waals surface area (Å²) in [7, 11) is 0. The number of carboxylic acids is 1.